The van der Waals surface area contributed by atoms with Gasteiger partial charge in [0.2, 0.25) is 0 Å². The summed E-state index contributed by atoms with van der Waals surface area (Å²) in [6, 6.07) is 1.52. The average Bonchev–Trinajstić information content (AvgIpc) is 2.33. The van der Waals surface area contributed by atoms with Gasteiger partial charge in [0.15, 0.2) is 0 Å². The van der Waals surface area contributed by atoms with E-state index in [9.17, 15) is 14.7 Å². The van der Waals surface area contributed by atoms with Gasteiger partial charge in [-0.05, 0) is 26.0 Å². The Balaban J connectivity index is 3.01. The molecule has 0 saturated heterocycles. The van der Waals surface area contributed by atoms with Gasteiger partial charge in [-0.2, -0.15) is 0 Å². The summed E-state index contributed by atoms with van der Waals surface area (Å²) in [7, 11) is 1.57. The van der Waals surface area contributed by atoms with Crippen molar-refractivity contribution in [2.75, 3.05) is 13.6 Å². The molecule has 108 valence electrons. The van der Waals surface area contributed by atoms with Gasteiger partial charge in [0.05, 0.1) is 5.60 Å². The van der Waals surface area contributed by atoms with Crippen LogP contribution < -0.4 is 0 Å². The van der Waals surface area contributed by atoms with Gasteiger partial charge in [0.25, 0.3) is 5.91 Å². The van der Waals surface area contributed by atoms with Gasteiger partial charge in [-0.3, -0.25) is 9.78 Å². The number of aromatic nitrogens is 1. The first-order valence-electron chi connectivity index (χ1n) is 6.03. The Morgan fingerprint density at radius 3 is 2.65 bits per heavy atom. The molecule has 1 aromatic heterocycles. The number of hydrogen-bond donors (Lipinski definition) is 2. The molecule has 20 heavy (non-hydrogen) atoms. The topological polar surface area (TPSA) is 90.7 Å². The summed E-state index contributed by atoms with van der Waals surface area (Å²) in [5.74, 6) is -1.41. The first-order chi connectivity index (χ1) is 9.20. The van der Waals surface area contributed by atoms with Crippen LogP contribution in [-0.4, -0.2) is 51.2 Å². The van der Waals surface area contributed by atoms with Crippen molar-refractivity contribution in [3.63, 3.8) is 0 Å². The van der Waals surface area contributed by atoms with Crippen molar-refractivity contribution in [3.8, 4) is 0 Å². The van der Waals surface area contributed by atoms with E-state index in [1.54, 1.807) is 20.9 Å². The number of aliphatic hydroxyl groups is 1. The third-order valence-corrected chi connectivity index (χ3v) is 2.46. The van der Waals surface area contributed by atoms with Crippen LogP contribution in [0.4, 0.5) is 0 Å². The monoisotopic (exact) mass is 278 g/mol. The maximum absolute atomic E-state index is 12.3. The molecule has 0 atom stereocenters. The Kier molecular flexibility index (Phi) is 4.99. The van der Waals surface area contributed by atoms with Crippen LogP contribution >= 0.6 is 0 Å². The Hall–Kier alpha value is -2.21. The predicted molar refractivity (Wildman–Crippen MR) is 74.2 cm³/mol. The maximum Gasteiger partial charge on any atom is 0.328 e. The lowest BCUT2D eigenvalue weighted by atomic mass is 10.1. The van der Waals surface area contributed by atoms with Crippen molar-refractivity contribution >= 4 is 18.0 Å². The summed E-state index contributed by atoms with van der Waals surface area (Å²) in [5.41, 5.74) is -0.249. The molecule has 1 rings (SSSR count). The Labute approximate surface area is 117 Å². The van der Waals surface area contributed by atoms with Crippen LogP contribution in [0.3, 0.4) is 0 Å². The average molecular weight is 278 g/mol. The molecular formula is C14H18N2O4. The number of rotatable bonds is 5. The molecule has 0 saturated carbocycles. The molecule has 0 fully saturated rings. The smallest absolute Gasteiger partial charge is 0.328 e. The first-order valence-corrected chi connectivity index (χ1v) is 6.03. The summed E-state index contributed by atoms with van der Waals surface area (Å²) in [6.45, 7) is 3.37. The predicted octanol–water partition coefficient (Wildman–Crippen LogP) is 1.02. The van der Waals surface area contributed by atoms with E-state index in [4.69, 9.17) is 5.11 Å². The molecule has 1 amide bonds. The van der Waals surface area contributed by atoms with Crippen molar-refractivity contribution in [1.29, 1.82) is 0 Å². The third kappa shape index (κ3) is 4.81. The van der Waals surface area contributed by atoms with Crippen LogP contribution in [0.2, 0.25) is 0 Å². The van der Waals surface area contributed by atoms with E-state index >= 15 is 0 Å². The normalized spacial score (nSPS) is 11.6. The minimum absolute atomic E-state index is 0.163. The fourth-order valence-electron chi connectivity index (χ4n) is 1.75. The Morgan fingerprint density at radius 1 is 1.45 bits per heavy atom. The number of carbonyl (C=O) groups excluding carboxylic acids is 1. The third-order valence-electron chi connectivity index (χ3n) is 2.46. The van der Waals surface area contributed by atoms with E-state index in [-0.39, 0.29) is 12.5 Å². The maximum atomic E-state index is 12.3. The van der Waals surface area contributed by atoms with Crippen LogP contribution in [0, 0.1) is 0 Å². The minimum atomic E-state index is -1.10. The van der Waals surface area contributed by atoms with Gasteiger partial charge in [-0.1, -0.05) is 0 Å². The number of carboxylic acid groups (broad SMARTS) is 1. The highest BCUT2D eigenvalue weighted by Gasteiger charge is 2.21. The lowest BCUT2D eigenvalue weighted by Crippen LogP contribution is -2.39. The summed E-state index contributed by atoms with van der Waals surface area (Å²) in [5, 5.41) is 18.4. The Morgan fingerprint density at radius 2 is 2.10 bits per heavy atom. The van der Waals surface area contributed by atoms with E-state index in [2.05, 4.69) is 4.98 Å². The zero-order chi connectivity index (χ0) is 15.3. The number of carboxylic acids is 1. The molecular weight excluding hydrogens is 260 g/mol. The molecule has 0 spiro atoms. The van der Waals surface area contributed by atoms with Gasteiger partial charge in [-0.25, -0.2) is 4.79 Å². The molecule has 0 aliphatic carbocycles. The van der Waals surface area contributed by atoms with Crippen LogP contribution in [0.1, 0.15) is 29.8 Å². The number of nitrogens with zero attached hydrogens (tertiary/aromatic N) is 2. The summed E-state index contributed by atoms with van der Waals surface area (Å²) in [4.78, 5) is 28.1. The van der Waals surface area contributed by atoms with Crippen molar-refractivity contribution in [3.05, 3.63) is 35.7 Å². The van der Waals surface area contributed by atoms with Gasteiger partial charge in [0.1, 0.15) is 0 Å². The first kappa shape index (κ1) is 15.8. The number of hydrogen-bond acceptors (Lipinski definition) is 4. The molecule has 0 unspecified atom stereocenters. The lowest BCUT2D eigenvalue weighted by molar-refractivity contribution is -0.131. The second kappa shape index (κ2) is 6.29. The number of carbonyl (C=O) groups is 2. The molecule has 6 nitrogen and oxygen atoms in total. The number of aliphatic carboxylic acids is 1. The zero-order valence-electron chi connectivity index (χ0n) is 11.7. The van der Waals surface area contributed by atoms with Crippen molar-refractivity contribution in [2.45, 2.75) is 19.4 Å². The fourth-order valence-corrected chi connectivity index (χ4v) is 1.75. The molecule has 0 radical (unpaired) electrons. The zero-order valence-corrected chi connectivity index (χ0v) is 11.7. The van der Waals surface area contributed by atoms with E-state index in [1.165, 1.54) is 29.4 Å². The summed E-state index contributed by atoms with van der Waals surface area (Å²) in [6.07, 6.45) is 5.15. The van der Waals surface area contributed by atoms with Crippen molar-refractivity contribution in [2.24, 2.45) is 0 Å². The van der Waals surface area contributed by atoms with Gasteiger partial charge in [0, 0.05) is 43.2 Å². The standard InChI is InChI=1S/C14H18N2O4/c1-14(2,20)9-16(3)13(19)11-6-7-15-8-10(11)4-5-12(17)18/h4-8,20H,9H2,1-3H3,(H,17,18). The number of amides is 1. The summed E-state index contributed by atoms with van der Waals surface area (Å²) >= 11 is 0. The molecule has 0 aliphatic heterocycles. The highest BCUT2D eigenvalue weighted by molar-refractivity contribution is 5.98. The quantitative estimate of drug-likeness (QED) is 0.785. The minimum Gasteiger partial charge on any atom is -0.478 e. The van der Waals surface area contributed by atoms with Crippen molar-refractivity contribution in [1.82, 2.24) is 9.88 Å². The highest BCUT2D eigenvalue weighted by Crippen LogP contribution is 2.13. The van der Waals surface area contributed by atoms with Gasteiger partial charge >= 0.3 is 5.97 Å². The van der Waals surface area contributed by atoms with E-state index in [0.29, 0.717) is 11.1 Å². The molecule has 0 aromatic carbocycles. The second-order valence-electron chi connectivity index (χ2n) is 5.11. The van der Waals surface area contributed by atoms with Crippen LogP contribution in [0.5, 0.6) is 0 Å². The SMILES string of the molecule is CN(CC(C)(C)O)C(=O)c1ccncc1C=CC(=O)O. The lowest BCUT2D eigenvalue weighted by Gasteiger charge is -2.26. The number of pyridine rings is 1. The largest absolute Gasteiger partial charge is 0.478 e. The molecule has 6 heteroatoms. The molecule has 1 aromatic rings. The van der Waals surface area contributed by atoms with Crippen LogP contribution in [-0.2, 0) is 4.79 Å². The van der Waals surface area contributed by atoms with Gasteiger partial charge < -0.3 is 15.1 Å². The van der Waals surface area contributed by atoms with Crippen LogP contribution in [0.25, 0.3) is 6.08 Å². The molecule has 1 heterocycles. The summed E-state index contributed by atoms with van der Waals surface area (Å²) < 4.78 is 0. The van der Waals surface area contributed by atoms with E-state index < -0.39 is 11.6 Å². The molecule has 0 aliphatic rings. The second-order valence-corrected chi connectivity index (χ2v) is 5.11. The van der Waals surface area contributed by atoms with E-state index in [1.807, 2.05) is 0 Å². The van der Waals surface area contributed by atoms with E-state index in [0.717, 1.165) is 6.08 Å². The fraction of sp³-hybridized carbons (Fsp3) is 0.357. The Bertz CT molecular complexity index is 532. The van der Waals surface area contributed by atoms with Crippen molar-refractivity contribution < 1.29 is 19.8 Å². The number of likely N-dealkylation sites (N-methyl/N-ethyl adjacent to an activating group) is 1. The molecule has 2 N–H and O–H groups in total. The van der Waals surface area contributed by atoms with Gasteiger partial charge in [-0.15, -0.1) is 0 Å². The highest BCUT2D eigenvalue weighted by atomic mass is 16.4. The molecule has 0 bridgehead atoms. The van der Waals surface area contributed by atoms with Crippen LogP contribution in [0.15, 0.2) is 24.5 Å².